The molecule has 0 saturated heterocycles. The van der Waals surface area contributed by atoms with Crippen molar-refractivity contribution in [1.82, 2.24) is 9.97 Å². The van der Waals surface area contributed by atoms with Crippen molar-refractivity contribution in [3.8, 4) is 5.88 Å². The van der Waals surface area contributed by atoms with Crippen molar-refractivity contribution in [2.75, 3.05) is 25.6 Å². The molecule has 0 radical (unpaired) electrons. The summed E-state index contributed by atoms with van der Waals surface area (Å²) in [6.07, 6.45) is -1.86. The van der Waals surface area contributed by atoms with E-state index >= 15 is 4.39 Å². The van der Waals surface area contributed by atoms with Gasteiger partial charge in [0.1, 0.15) is 11.5 Å². The number of amides is 1. The monoisotopic (exact) mass is 513 g/mol. The van der Waals surface area contributed by atoms with E-state index in [0.717, 1.165) is 18.8 Å². The van der Waals surface area contributed by atoms with Crippen LogP contribution in [0.5, 0.6) is 5.88 Å². The van der Waals surface area contributed by atoms with Gasteiger partial charge in [0.2, 0.25) is 5.88 Å². The number of carbonyl (C=O) groups excluding carboxylic acids is 1. The van der Waals surface area contributed by atoms with Crippen LogP contribution in [0.4, 0.5) is 23.2 Å². The molecule has 35 heavy (non-hydrogen) atoms. The van der Waals surface area contributed by atoms with E-state index in [0.29, 0.717) is 28.6 Å². The molecule has 1 saturated carbocycles. The third-order valence-corrected chi connectivity index (χ3v) is 7.32. The summed E-state index contributed by atoms with van der Waals surface area (Å²) in [5, 5.41) is 2.98. The molecule has 8 nitrogen and oxygen atoms in total. The molecule has 1 aromatic carbocycles. The third-order valence-electron chi connectivity index (χ3n) is 6.04. The Morgan fingerprint density at radius 1 is 1.31 bits per heavy atom. The predicted octanol–water partition coefficient (Wildman–Crippen LogP) is 3.80. The third kappa shape index (κ3) is 5.06. The van der Waals surface area contributed by atoms with Gasteiger partial charge in [-0.2, -0.15) is 13.2 Å². The Bertz CT molecular complexity index is 1180. The first-order valence-corrected chi connectivity index (χ1v) is 11.4. The number of ether oxygens (including phenoxy) is 2. The lowest BCUT2D eigenvalue weighted by Gasteiger charge is -2.34. The van der Waals surface area contributed by atoms with Gasteiger partial charge in [-0.25, -0.2) is 14.4 Å². The minimum atomic E-state index is -4.53. The number of carbonyl (C=O) groups is 1. The molecule has 1 aliphatic heterocycles. The van der Waals surface area contributed by atoms with Gasteiger partial charge < -0.3 is 20.5 Å². The topological polar surface area (TPSA) is 112 Å². The highest BCUT2D eigenvalue weighted by Gasteiger charge is 2.66. The van der Waals surface area contributed by atoms with E-state index in [2.05, 4.69) is 25.0 Å². The number of fused-ring (bicyclic) bond motifs is 1. The molecule has 0 unspecified atom stereocenters. The lowest BCUT2D eigenvalue weighted by Crippen LogP contribution is -2.37. The number of aliphatic imine (C=N–C) groups is 1. The van der Waals surface area contributed by atoms with Crippen LogP contribution in [-0.4, -0.2) is 52.3 Å². The molecule has 2 heterocycles. The van der Waals surface area contributed by atoms with Crippen LogP contribution in [-0.2, 0) is 10.3 Å². The number of thioether (sulfide) groups is 1. The van der Waals surface area contributed by atoms with Gasteiger partial charge in [-0.05, 0) is 38.0 Å². The Morgan fingerprint density at radius 3 is 2.69 bits per heavy atom. The lowest BCUT2D eigenvalue weighted by atomic mass is 9.84. The summed E-state index contributed by atoms with van der Waals surface area (Å²) >= 11 is 1.44. The number of alkyl halides is 3. The summed E-state index contributed by atoms with van der Waals surface area (Å²) < 4.78 is 61.7. The van der Waals surface area contributed by atoms with Gasteiger partial charge in [0.15, 0.2) is 11.8 Å². The SMILES string of the molecule is COC[C@]12C[C@H]1[C@](C)(c1cc(NC(=O)c3cnc(OCC(F)(F)F)cn3)cc(C)c1F)N=C(N)S2. The number of aromatic nitrogens is 2. The van der Waals surface area contributed by atoms with E-state index in [1.165, 1.54) is 23.9 Å². The first-order valence-electron chi connectivity index (χ1n) is 10.5. The predicted molar refractivity (Wildman–Crippen MR) is 122 cm³/mol. The Morgan fingerprint density at radius 2 is 2.06 bits per heavy atom. The molecule has 0 spiro atoms. The number of nitrogens with two attached hydrogens (primary N) is 1. The second-order valence-corrected chi connectivity index (χ2v) is 10.1. The van der Waals surface area contributed by atoms with Gasteiger partial charge in [0.25, 0.3) is 5.91 Å². The highest BCUT2D eigenvalue weighted by molar-refractivity contribution is 8.15. The van der Waals surface area contributed by atoms with E-state index in [9.17, 15) is 18.0 Å². The standard InChI is InChI=1S/C22H23F4N5O3S/c1-11-4-12(30-18(32)14-7-29-16(8-28-14)34-10-22(24,25)26)5-13(17(11)23)20(2)15-6-21(15,9-33-3)35-19(27)31-20/h4-5,7-8,15H,6,9-10H2,1-3H3,(H2,27,31)(H,30,32)/t15-,20-,21+/m0/s1. The summed E-state index contributed by atoms with van der Waals surface area (Å²) in [5.74, 6) is -1.51. The Hall–Kier alpha value is -2.93. The molecule has 4 rings (SSSR count). The van der Waals surface area contributed by atoms with Gasteiger partial charge in [-0.15, -0.1) is 0 Å². The number of methoxy groups -OCH3 is 1. The number of benzene rings is 1. The molecule has 1 fully saturated rings. The summed E-state index contributed by atoms with van der Waals surface area (Å²) in [5.41, 5.74) is 5.87. The largest absolute Gasteiger partial charge is 0.467 e. The second kappa shape index (κ2) is 8.94. The highest BCUT2D eigenvalue weighted by atomic mass is 32.2. The number of aryl methyl sites for hydroxylation is 1. The van der Waals surface area contributed by atoms with E-state index in [-0.39, 0.29) is 22.2 Å². The molecular weight excluding hydrogens is 490 g/mol. The zero-order valence-electron chi connectivity index (χ0n) is 19.1. The van der Waals surface area contributed by atoms with Crippen LogP contribution in [0, 0.1) is 18.7 Å². The van der Waals surface area contributed by atoms with Crippen LogP contribution in [0.15, 0.2) is 29.5 Å². The molecule has 1 aliphatic carbocycles. The fourth-order valence-corrected chi connectivity index (χ4v) is 5.85. The van der Waals surface area contributed by atoms with Crippen molar-refractivity contribution < 1.29 is 31.8 Å². The molecule has 2 aromatic rings. The fraction of sp³-hybridized carbons (Fsp3) is 0.455. The number of nitrogens with one attached hydrogen (secondary N) is 1. The smallest absolute Gasteiger partial charge is 0.422 e. The summed E-state index contributed by atoms with van der Waals surface area (Å²) in [6.45, 7) is 2.31. The van der Waals surface area contributed by atoms with E-state index in [1.807, 2.05) is 6.92 Å². The van der Waals surface area contributed by atoms with Crippen LogP contribution in [0.1, 0.15) is 35.0 Å². The van der Waals surface area contributed by atoms with Gasteiger partial charge in [0.05, 0.1) is 29.3 Å². The minimum absolute atomic E-state index is 0.0118. The molecule has 1 aromatic heterocycles. The molecule has 2 aliphatic rings. The molecule has 13 heteroatoms. The number of nitrogens with zero attached hydrogens (tertiary/aromatic N) is 3. The summed E-state index contributed by atoms with van der Waals surface area (Å²) in [7, 11) is 1.60. The van der Waals surface area contributed by atoms with Crippen LogP contribution in [0.25, 0.3) is 0 Å². The zero-order valence-corrected chi connectivity index (χ0v) is 19.9. The fourth-order valence-electron chi connectivity index (χ4n) is 4.40. The Labute approximate surface area is 202 Å². The van der Waals surface area contributed by atoms with Gasteiger partial charge >= 0.3 is 6.18 Å². The molecular formula is C22H23F4N5O3S. The van der Waals surface area contributed by atoms with Crippen LogP contribution < -0.4 is 15.8 Å². The summed E-state index contributed by atoms with van der Waals surface area (Å²) in [4.78, 5) is 24.7. The van der Waals surface area contributed by atoms with Crippen molar-refractivity contribution >= 4 is 28.5 Å². The number of rotatable bonds is 7. The molecule has 0 bridgehead atoms. The minimum Gasteiger partial charge on any atom is -0.467 e. The number of anilines is 1. The number of hydrogen-bond acceptors (Lipinski definition) is 8. The average Bonchev–Trinajstić information content (AvgIpc) is 3.49. The van der Waals surface area contributed by atoms with Crippen molar-refractivity contribution in [3.05, 3.63) is 47.2 Å². The quantitative estimate of drug-likeness (QED) is 0.542. The highest BCUT2D eigenvalue weighted by Crippen LogP contribution is 2.66. The van der Waals surface area contributed by atoms with Gasteiger partial charge in [-0.3, -0.25) is 9.79 Å². The average molecular weight is 514 g/mol. The maximum absolute atomic E-state index is 15.3. The normalized spacial score (nSPS) is 25.5. The van der Waals surface area contributed by atoms with Crippen molar-refractivity contribution in [1.29, 1.82) is 0 Å². The van der Waals surface area contributed by atoms with Gasteiger partial charge in [-0.1, -0.05) is 11.8 Å². The first-order chi connectivity index (χ1) is 16.4. The Balaban J connectivity index is 1.56. The van der Waals surface area contributed by atoms with Crippen molar-refractivity contribution in [2.45, 2.75) is 36.7 Å². The van der Waals surface area contributed by atoms with Crippen LogP contribution >= 0.6 is 11.8 Å². The van der Waals surface area contributed by atoms with Gasteiger partial charge in [0, 0.05) is 24.3 Å². The number of halogens is 4. The summed E-state index contributed by atoms with van der Waals surface area (Å²) in [6, 6.07) is 2.98. The van der Waals surface area contributed by atoms with Crippen LogP contribution in [0.3, 0.4) is 0 Å². The maximum Gasteiger partial charge on any atom is 0.422 e. The van der Waals surface area contributed by atoms with Crippen molar-refractivity contribution in [2.24, 2.45) is 16.6 Å². The molecule has 188 valence electrons. The van der Waals surface area contributed by atoms with E-state index < -0.39 is 30.0 Å². The van der Waals surface area contributed by atoms with E-state index in [4.69, 9.17) is 10.5 Å². The first kappa shape index (κ1) is 25.2. The zero-order chi connectivity index (χ0) is 25.6. The maximum atomic E-state index is 15.3. The van der Waals surface area contributed by atoms with Crippen LogP contribution in [0.2, 0.25) is 0 Å². The molecule has 3 N–H and O–H groups in total. The van der Waals surface area contributed by atoms with E-state index in [1.54, 1.807) is 14.0 Å². The molecule has 3 atom stereocenters. The Kier molecular flexibility index (Phi) is 6.43. The number of amidine groups is 1. The lowest BCUT2D eigenvalue weighted by molar-refractivity contribution is -0.154. The van der Waals surface area contributed by atoms with Crippen molar-refractivity contribution in [3.63, 3.8) is 0 Å². The number of hydrogen-bond donors (Lipinski definition) is 2. The molecule has 1 amide bonds. The second-order valence-electron chi connectivity index (χ2n) is 8.71.